The first-order chi connectivity index (χ1) is 55.6. The van der Waals surface area contributed by atoms with Crippen molar-refractivity contribution in [2.45, 2.75) is 268 Å². The highest BCUT2D eigenvalue weighted by Gasteiger charge is 2.42. The molecule has 0 radical (unpaired) electrons. The maximum absolute atomic E-state index is 14.4. The molecular formula is C73H128N24O21. The fourth-order valence-corrected chi connectivity index (χ4v) is 12.4. The third-order valence-corrected chi connectivity index (χ3v) is 18.8. The van der Waals surface area contributed by atoms with Crippen LogP contribution in [0.3, 0.4) is 0 Å². The van der Waals surface area contributed by atoms with Gasteiger partial charge in [-0.2, -0.15) is 0 Å². The van der Waals surface area contributed by atoms with E-state index in [1.54, 1.807) is 13.8 Å². The standard InChI is InChI=1S/C73H128N24O21/c1-37(2)29-48(66(111)94-51(72(117)118)32-54(78)100)91-59(104)40(7)85-65(110)49(31-42-33-81-36-84-42)92-69(114)57(39(5)6)95-64(109)46(20-15-27-82-73(79)80)90-70(115)58(41(8)99)96-67(112)52(35-98)86-55(101)34-83-61(106)44(18-10-13-25-75)87-63(108)47(22-23-56(102)103)88-62(107)45(19-11-14-26-76)89-68(113)53-21-16-28-97(53)71(116)50(30-38(3)4)93-60(105)43(77)17-9-12-24-74/h33,36-41,43-53,57-58,98-99H,9-32,34-35,74-77H2,1-8H3,(H2,78,100)(H,81,84)(H,83,106)(H,85,110)(H,86,101)(H,87,108)(H,88,107)(H,89,113)(H,90,115)(H,91,104)(H,92,114)(H,93,105)(H,94,111)(H,95,109)(H,96,112)(H,102,103)(H,117,118)(H4,79,80,82)/t40-,41+,43-,44-,45-,46-,47-,48-,49-,50-,51-,52-,53-,57-,58-/m0/s1. The predicted octanol–water partition coefficient (Wildman–Crippen LogP) is -8.18. The molecule has 118 heavy (non-hydrogen) atoms. The van der Waals surface area contributed by atoms with Crippen molar-refractivity contribution in [3.63, 3.8) is 0 Å². The van der Waals surface area contributed by atoms with Gasteiger partial charge in [-0.15, -0.1) is 0 Å². The number of guanidine groups is 1. The predicted molar refractivity (Wildman–Crippen MR) is 426 cm³/mol. The number of H-pyrrole nitrogens is 1. The molecule has 2 rings (SSSR count). The number of aliphatic hydroxyl groups is 2. The number of nitrogens with two attached hydrogens (primary N) is 6. The lowest BCUT2D eigenvalue weighted by molar-refractivity contribution is -0.144. The van der Waals surface area contributed by atoms with Crippen molar-refractivity contribution in [2.75, 3.05) is 45.9 Å². The van der Waals surface area contributed by atoms with E-state index in [1.165, 1.54) is 38.2 Å². The molecule has 15 atom stereocenters. The van der Waals surface area contributed by atoms with E-state index >= 15 is 0 Å². The number of likely N-dealkylation sites (tertiary alicyclic amines) is 1. The monoisotopic (exact) mass is 1680 g/mol. The third-order valence-electron chi connectivity index (χ3n) is 18.8. The minimum absolute atomic E-state index is 0.00612. The van der Waals surface area contributed by atoms with Crippen LogP contribution in [0.25, 0.3) is 0 Å². The van der Waals surface area contributed by atoms with Crippen LogP contribution < -0.4 is 109 Å². The SMILES string of the molecule is CC(C)C[C@H](NC(=O)[C@H](C)NC(=O)[C@H](Cc1c[nH]cn1)NC(=O)[C@@H](NC(=O)[C@H](CCCNC(=N)N)NC(=O)[C@@H](NC(=O)[C@H](CO)NC(=O)CNC(=O)[C@H](CCCCN)NC(=O)[C@H](CCC(=O)O)NC(=O)[C@H](CCCCN)NC(=O)[C@@H]1CCCN1C(=O)[C@H](CC(C)C)NC(=O)[C@@H](N)CCCCN)[C@@H](C)O)C(C)C)C(=O)N[C@@H](CC(N)=O)C(=O)O. The number of aliphatic carboxylic acids is 2. The summed E-state index contributed by atoms with van der Waals surface area (Å²) in [7, 11) is 0. The van der Waals surface area contributed by atoms with Gasteiger partial charge in [-0.05, 0) is 148 Å². The summed E-state index contributed by atoms with van der Waals surface area (Å²) in [5.41, 5.74) is 34.1. The second-order valence-electron chi connectivity index (χ2n) is 30.3. The number of hydrogen-bond acceptors (Lipinski definition) is 25. The first-order valence-electron chi connectivity index (χ1n) is 39.7. The van der Waals surface area contributed by atoms with E-state index in [0.29, 0.717) is 45.1 Å². The van der Waals surface area contributed by atoms with Gasteiger partial charge in [0.1, 0.15) is 78.5 Å². The molecule has 45 heteroatoms. The lowest BCUT2D eigenvalue weighted by Crippen LogP contribution is -2.62. The molecule has 15 amide bonds. The van der Waals surface area contributed by atoms with Crippen LogP contribution in [0.4, 0.5) is 0 Å². The summed E-state index contributed by atoms with van der Waals surface area (Å²) in [5.74, 6) is -18.9. The van der Waals surface area contributed by atoms with Gasteiger partial charge in [-0.3, -0.25) is 82.1 Å². The van der Waals surface area contributed by atoms with Gasteiger partial charge in [0.25, 0.3) is 0 Å². The van der Waals surface area contributed by atoms with Crippen molar-refractivity contribution < 1.29 is 102 Å². The molecule has 1 aliphatic rings. The Balaban J connectivity index is 2.37. The van der Waals surface area contributed by atoms with Gasteiger partial charge < -0.3 is 139 Å². The van der Waals surface area contributed by atoms with Crippen molar-refractivity contribution in [1.29, 1.82) is 5.41 Å². The zero-order valence-corrected chi connectivity index (χ0v) is 68.5. The first kappa shape index (κ1) is 103. The molecule has 0 saturated carbocycles. The molecule has 0 aromatic carbocycles. The Labute approximate surface area is 685 Å². The summed E-state index contributed by atoms with van der Waals surface area (Å²) in [6, 6.07) is -20.7. The number of unbranched alkanes of at least 4 members (excludes halogenated alkanes) is 3. The van der Waals surface area contributed by atoms with E-state index in [4.69, 9.17) is 39.8 Å². The Morgan fingerprint density at radius 1 is 0.525 bits per heavy atom. The van der Waals surface area contributed by atoms with Crippen LogP contribution in [0, 0.1) is 23.2 Å². The van der Waals surface area contributed by atoms with Crippen LogP contribution in [0.15, 0.2) is 12.5 Å². The van der Waals surface area contributed by atoms with Crippen molar-refractivity contribution in [3.05, 3.63) is 18.2 Å². The lowest BCUT2D eigenvalue weighted by atomic mass is 10.0. The number of primary amides is 1. The molecule has 666 valence electrons. The number of amides is 15. The fourth-order valence-electron chi connectivity index (χ4n) is 12.4. The van der Waals surface area contributed by atoms with Gasteiger partial charge >= 0.3 is 11.9 Å². The van der Waals surface area contributed by atoms with E-state index < -0.39 is 236 Å². The second-order valence-corrected chi connectivity index (χ2v) is 30.3. The molecule has 2 heterocycles. The summed E-state index contributed by atoms with van der Waals surface area (Å²) >= 11 is 0. The van der Waals surface area contributed by atoms with Crippen LogP contribution in [-0.2, 0) is 87.9 Å². The number of aliphatic hydroxyl groups excluding tert-OH is 2. The molecule has 0 aliphatic carbocycles. The number of nitrogens with zero attached hydrogens (tertiary/aromatic N) is 2. The molecule has 0 unspecified atom stereocenters. The second kappa shape index (κ2) is 54.3. The highest BCUT2D eigenvalue weighted by Crippen LogP contribution is 2.22. The summed E-state index contributed by atoms with van der Waals surface area (Å²) in [6.45, 7) is 11.2. The lowest BCUT2D eigenvalue weighted by Gasteiger charge is -2.31. The Kier molecular flexibility index (Phi) is 47.5. The van der Waals surface area contributed by atoms with Gasteiger partial charge in [0.2, 0.25) is 88.6 Å². The molecule has 1 aliphatic heterocycles. The molecule has 1 fully saturated rings. The number of carboxylic acids is 2. The number of aromatic nitrogens is 2. The van der Waals surface area contributed by atoms with E-state index in [9.17, 15) is 102 Å². The van der Waals surface area contributed by atoms with Crippen molar-refractivity contribution in [1.82, 2.24) is 89.3 Å². The zero-order chi connectivity index (χ0) is 89.1. The molecule has 1 aromatic heterocycles. The minimum Gasteiger partial charge on any atom is -0.481 e. The molecule has 1 saturated heterocycles. The number of aromatic amines is 1. The summed E-state index contributed by atoms with van der Waals surface area (Å²) in [4.78, 5) is 239. The van der Waals surface area contributed by atoms with Gasteiger partial charge in [-0.25, -0.2) is 9.78 Å². The number of carboxylic acid groups (broad SMARTS) is 2. The highest BCUT2D eigenvalue weighted by molar-refractivity contribution is 6.01. The van der Waals surface area contributed by atoms with Gasteiger partial charge in [0.15, 0.2) is 5.96 Å². The number of rotatable bonds is 58. The number of carbonyl (C=O) groups excluding carboxylic acids is 15. The van der Waals surface area contributed by atoms with Crippen LogP contribution in [0.5, 0.6) is 0 Å². The van der Waals surface area contributed by atoms with Crippen LogP contribution >= 0.6 is 0 Å². The van der Waals surface area contributed by atoms with Crippen molar-refractivity contribution in [3.8, 4) is 0 Å². The van der Waals surface area contributed by atoms with Gasteiger partial charge in [0.05, 0.1) is 43.7 Å². The molecule has 1 aromatic rings. The first-order valence-corrected chi connectivity index (χ1v) is 39.7. The van der Waals surface area contributed by atoms with Crippen LogP contribution in [0.1, 0.15) is 177 Å². The maximum Gasteiger partial charge on any atom is 0.326 e. The van der Waals surface area contributed by atoms with Crippen molar-refractivity contribution in [2.24, 2.45) is 52.2 Å². The quantitative estimate of drug-likeness (QED) is 0.0164. The number of carbonyl (C=O) groups is 17. The third kappa shape index (κ3) is 38.5. The van der Waals surface area contributed by atoms with Gasteiger partial charge in [-0.1, -0.05) is 48.0 Å². The van der Waals surface area contributed by atoms with E-state index in [2.05, 4.69) is 84.4 Å². The topological polar surface area (TPSA) is 751 Å². The Morgan fingerprint density at radius 2 is 1.00 bits per heavy atom. The smallest absolute Gasteiger partial charge is 0.326 e. The molecule has 45 nitrogen and oxygen atoms in total. The zero-order valence-electron chi connectivity index (χ0n) is 68.5. The highest BCUT2D eigenvalue weighted by atomic mass is 16.4. The normalized spacial score (nSPS) is 16.1. The Morgan fingerprint density at radius 3 is 1.53 bits per heavy atom. The fraction of sp³-hybridized carbons (Fsp3) is 0.712. The number of nitrogens with one attached hydrogen (secondary N) is 16. The Hall–Kier alpha value is -10.8. The summed E-state index contributed by atoms with van der Waals surface area (Å²) in [6.07, 6.45) is 1.67. The number of hydrogen-bond donors (Lipinski definition) is 26. The average Bonchev–Trinajstić information content (AvgIpc) is 1.62. The largest absolute Gasteiger partial charge is 0.481 e. The summed E-state index contributed by atoms with van der Waals surface area (Å²) in [5, 5.41) is 82.6. The van der Waals surface area contributed by atoms with E-state index in [1.807, 2.05) is 13.8 Å². The van der Waals surface area contributed by atoms with Crippen molar-refractivity contribution >= 4 is 107 Å². The van der Waals surface area contributed by atoms with Crippen LogP contribution in [0.2, 0.25) is 0 Å². The van der Waals surface area contributed by atoms with E-state index in [0.717, 1.165) is 6.92 Å². The maximum atomic E-state index is 14.4. The Bertz CT molecular complexity index is 3500. The molecule has 32 N–H and O–H groups in total. The molecule has 0 bridgehead atoms. The van der Waals surface area contributed by atoms with Crippen LogP contribution in [-0.4, -0.2) is 278 Å². The minimum atomic E-state index is -1.96. The van der Waals surface area contributed by atoms with Gasteiger partial charge in [0, 0.05) is 32.1 Å². The molecular weight excluding hydrogens is 1550 g/mol. The molecule has 0 spiro atoms. The number of imidazole rings is 1. The average molecular weight is 1680 g/mol. The summed E-state index contributed by atoms with van der Waals surface area (Å²) < 4.78 is 0. The van der Waals surface area contributed by atoms with E-state index in [-0.39, 0.29) is 108 Å².